The van der Waals surface area contributed by atoms with E-state index >= 15 is 0 Å². The average Bonchev–Trinajstić information content (AvgIpc) is 3.26. The van der Waals surface area contributed by atoms with Crippen molar-refractivity contribution in [3.8, 4) is 0 Å². The highest BCUT2D eigenvalue weighted by atomic mass is 16.5. The lowest BCUT2D eigenvalue weighted by Crippen LogP contribution is -2.47. The summed E-state index contributed by atoms with van der Waals surface area (Å²) >= 11 is 0. The molecule has 1 amide bonds. The number of amides is 1. The molecule has 0 spiro atoms. The summed E-state index contributed by atoms with van der Waals surface area (Å²) in [6, 6.07) is 0.480. The summed E-state index contributed by atoms with van der Waals surface area (Å²) in [4.78, 5) is 17.0. The molecule has 1 aliphatic carbocycles. The lowest BCUT2D eigenvalue weighted by atomic mass is 10.0. The van der Waals surface area contributed by atoms with E-state index in [0.717, 1.165) is 46.0 Å². The van der Waals surface area contributed by atoms with Gasteiger partial charge in [0.2, 0.25) is 0 Å². The van der Waals surface area contributed by atoms with Gasteiger partial charge >= 0.3 is 0 Å². The first-order chi connectivity index (χ1) is 10.1. The van der Waals surface area contributed by atoms with Crippen LogP contribution in [0.2, 0.25) is 0 Å². The first-order valence-electron chi connectivity index (χ1n) is 8.37. The maximum absolute atomic E-state index is 12.5. The van der Waals surface area contributed by atoms with Crippen molar-refractivity contribution in [3.05, 3.63) is 0 Å². The number of ether oxygens (including phenoxy) is 2. The standard InChI is InChI=1S/C16H28N2O3/c1-12-9-18(10-15(12)17-5-7-20-8-6-17)16(19)13(2)21-11-14-3-4-14/h12-15H,3-11H2,1-2H3/t12-,13-,15+/m0/s1. The molecule has 0 bridgehead atoms. The molecular formula is C16H28N2O3. The van der Waals surface area contributed by atoms with Gasteiger partial charge in [0.15, 0.2) is 0 Å². The van der Waals surface area contributed by atoms with Gasteiger partial charge in [-0.2, -0.15) is 0 Å². The predicted molar refractivity (Wildman–Crippen MR) is 80.1 cm³/mol. The highest BCUT2D eigenvalue weighted by molar-refractivity contribution is 5.80. The lowest BCUT2D eigenvalue weighted by Gasteiger charge is -2.34. The largest absolute Gasteiger partial charge is 0.379 e. The van der Waals surface area contributed by atoms with Gasteiger partial charge < -0.3 is 14.4 Å². The second kappa shape index (κ2) is 6.63. The quantitative estimate of drug-likeness (QED) is 0.758. The summed E-state index contributed by atoms with van der Waals surface area (Å²) in [6.45, 7) is 10.2. The zero-order valence-electron chi connectivity index (χ0n) is 13.3. The zero-order valence-corrected chi connectivity index (χ0v) is 13.3. The van der Waals surface area contributed by atoms with Crippen molar-refractivity contribution in [2.75, 3.05) is 46.0 Å². The Morgan fingerprint density at radius 3 is 2.67 bits per heavy atom. The molecule has 2 saturated heterocycles. The van der Waals surface area contributed by atoms with E-state index in [-0.39, 0.29) is 12.0 Å². The molecule has 3 rings (SSSR count). The van der Waals surface area contributed by atoms with Crippen LogP contribution in [0.25, 0.3) is 0 Å². The minimum atomic E-state index is -0.291. The van der Waals surface area contributed by atoms with Gasteiger partial charge in [0.1, 0.15) is 6.10 Å². The number of rotatable bonds is 5. The van der Waals surface area contributed by atoms with Crippen molar-refractivity contribution in [3.63, 3.8) is 0 Å². The Morgan fingerprint density at radius 1 is 1.29 bits per heavy atom. The van der Waals surface area contributed by atoms with Gasteiger partial charge in [0, 0.05) is 32.2 Å². The predicted octanol–water partition coefficient (Wildman–Crippen LogP) is 0.981. The van der Waals surface area contributed by atoms with E-state index in [4.69, 9.17) is 9.47 Å². The van der Waals surface area contributed by atoms with Crippen LogP contribution >= 0.6 is 0 Å². The number of likely N-dealkylation sites (tertiary alicyclic amines) is 1. The van der Waals surface area contributed by atoms with Crippen LogP contribution in [0.15, 0.2) is 0 Å². The Bertz CT molecular complexity index is 367. The molecule has 120 valence electrons. The molecule has 3 fully saturated rings. The first kappa shape index (κ1) is 15.3. The molecule has 5 nitrogen and oxygen atoms in total. The van der Waals surface area contributed by atoms with E-state index < -0.39 is 0 Å². The van der Waals surface area contributed by atoms with Crippen LogP contribution in [0.3, 0.4) is 0 Å². The summed E-state index contributed by atoms with van der Waals surface area (Å²) in [5.74, 6) is 1.40. The van der Waals surface area contributed by atoms with Crippen LogP contribution in [-0.4, -0.2) is 73.9 Å². The van der Waals surface area contributed by atoms with Gasteiger partial charge in [-0.05, 0) is 31.6 Å². The molecule has 5 heteroatoms. The summed E-state index contributed by atoms with van der Waals surface area (Å²) in [6.07, 6.45) is 2.24. The number of carbonyl (C=O) groups is 1. The third kappa shape index (κ3) is 3.76. The topological polar surface area (TPSA) is 42.0 Å². The fourth-order valence-corrected chi connectivity index (χ4v) is 3.41. The van der Waals surface area contributed by atoms with Gasteiger partial charge in [0.25, 0.3) is 5.91 Å². The van der Waals surface area contributed by atoms with E-state index in [0.29, 0.717) is 17.9 Å². The van der Waals surface area contributed by atoms with Gasteiger partial charge in [-0.3, -0.25) is 9.69 Å². The normalized spacial score (nSPS) is 32.4. The van der Waals surface area contributed by atoms with Crippen molar-refractivity contribution >= 4 is 5.91 Å². The maximum atomic E-state index is 12.5. The lowest BCUT2D eigenvalue weighted by molar-refractivity contribution is -0.142. The van der Waals surface area contributed by atoms with Crippen molar-refractivity contribution in [2.45, 2.75) is 38.8 Å². The van der Waals surface area contributed by atoms with Crippen LogP contribution < -0.4 is 0 Å². The summed E-state index contributed by atoms with van der Waals surface area (Å²) in [5, 5.41) is 0. The molecule has 0 aromatic rings. The van der Waals surface area contributed by atoms with Crippen molar-refractivity contribution < 1.29 is 14.3 Å². The number of nitrogens with zero attached hydrogens (tertiary/aromatic N) is 2. The van der Waals surface area contributed by atoms with E-state index in [9.17, 15) is 4.79 Å². The van der Waals surface area contributed by atoms with E-state index in [2.05, 4.69) is 11.8 Å². The monoisotopic (exact) mass is 296 g/mol. The van der Waals surface area contributed by atoms with Gasteiger partial charge in [-0.1, -0.05) is 6.92 Å². The number of morpholine rings is 1. The summed E-state index contributed by atoms with van der Waals surface area (Å²) < 4.78 is 11.2. The minimum absolute atomic E-state index is 0.165. The zero-order chi connectivity index (χ0) is 14.8. The van der Waals surface area contributed by atoms with E-state index in [1.807, 2.05) is 11.8 Å². The van der Waals surface area contributed by atoms with Crippen LogP contribution in [0.5, 0.6) is 0 Å². The third-order valence-electron chi connectivity index (χ3n) is 5.03. The maximum Gasteiger partial charge on any atom is 0.251 e. The van der Waals surface area contributed by atoms with Crippen LogP contribution in [-0.2, 0) is 14.3 Å². The Balaban J connectivity index is 1.50. The Kier molecular flexibility index (Phi) is 4.82. The smallest absolute Gasteiger partial charge is 0.251 e. The van der Waals surface area contributed by atoms with Crippen molar-refractivity contribution in [1.82, 2.24) is 9.80 Å². The molecule has 1 saturated carbocycles. The third-order valence-corrected chi connectivity index (χ3v) is 5.03. The Morgan fingerprint density at radius 2 is 2.00 bits per heavy atom. The molecule has 0 N–H and O–H groups in total. The molecule has 3 aliphatic rings. The molecule has 3 atom stereocenters. The van der Waals surface area contributed by atoms with Crippen molar-refractivity contribution in [2.24, 2.45) is 11.8 Å². The first-order valence-corrected chi connectivity index (χ1v) is 8.37. The number of hydrogen-bond acceptors (Lipinski definition) is 4. The SMILES string of the molecule is C[C@H](OCC1CC1)C(=O)N1C[C@@H](N2CCOCC2)[C@@H](C)C1. The molecule has 0 unspecified atom stereocenters. The molecule has 0 aromatic carbocycles. The molecule has 0 aromatic heterocycles. The molecular weight excluding hydrogens is 268 g/mol. The average molecular weight is 296 g/mol. The second-order valence-electron chi connectivity index (χ2n) is 6.86. The highest BCUT2D eigenvalue weighted by Gasteiger charge is 2.38. The Labute approximate surface area is 127 Å². The van der Waals surface area contributed by atoms with Crippen molar-refractivity contribution in [1.29, 1.82) is 0 Å². The summed E-state index contributed by atoms with van der Waals surface area (Å²) in [7, 11) is 0. The summed E-state index contributed by atoms with van der Waals surface area (Å²) in [5.41, 5.74) is 0. The highest BCUT2D eigenvalue weighted by Crippen LogP contribution is 2.29. The fourth-order valence-electron chi connectivity index (χ4n) is 3.41. The van der Waals surface area contributed by atoms with E-state index in [1.54, 1.807) is 0 Å². The van der Waals surface area contributed by atoms with Crippen LogP contribution in [0.4, 0.5) is 0 Å². The number of hydrogen-bond donors (Lipinski definition) is 0. The number of carbonyl (C=O) groups excluding carboxylic acids is 1. The molecule has 0 radical (unpaired) electrons. The molecule has 2 heterocycles. The molecule has 2 aliphatic heterocycles. The molecule has 21 heavy (non-hydrogen) atoms. The van der Waals surface area contributed by atoms with Gasteiger partial charge in [0.05, 0.1) is 19.8 Å². The Hall–Kier alpha value is -0.650. The fraction of sp³-hybridized carbons (Fsp3) is 0.938. The minimum Gasteiger partial charge on any atom is -0.379 e. The van der Waals surface area contributed by atoms with Gasteiger partial charge in [-0.15, -0.1) is 0 Å². The second-order valence-corrected chi connectivity index (χ2v) is 6.86. The van der Waals surface area contributed by atoms with Crippen LogP contribution in [0.1, 0.15) is 26.7 Å². The van der Waals surface area contributed by atoms with E-state index in [1.165, 1.54) is 12.8 Å². The van der Waals surface area contributed by atoms with Crippen LogP contribution in [0, 0.1) is 11.8 Å². The van der Waals surface area contributed by atoms with Gasteiger partial charge in [-0.25, -0.2) is 0 Å².